The van der Waals surface area contributed by atoms with E-state index in [4.69, 9.17) is 5.73 Å². The van der Waals surface area contributed by atoms with Crippen molar-refractivity contribution >= 4 is 16.7 Å². The third-order valence-electron chi connectivity index (χ3n) is 1.74. The van der Waals surface area contributed by atoms with Crippen LogP contribution in [0.5, 0.6) is 0 Å². The van der Waals surface area contributed by atoms with Gasteiger partial charge in [-0.25, -0.2) is 13.8 Å². The third-order valence-corrected chi connectivity index (χ3v) is 2.45. The highest BCUT2D eigenvalue weighted by Crippen LogP contribution is 2.16. The molecular formula is C8H14F2N4S. The van der Waals surface area contributed by atoms with Crippen molar-refractivity contribution in [1.29, 1.82) is 0 Å². The zero-order valence-electron chi connectivity index (χ0n) is 8.46. The van der Waals surface area contributed by atoms with Gasteiger partial charge >= 0.3 is 0 Å². The number of nitrogens with zero attached hydrogens (tertiary/aromatic N) is 2. The van der Waals surface area contributed by atoms with Crippen LogP contribution in [0.15, 0.2) is 0 Å². The molecule has 4 nitrogen and oxygen atoms in total. The molecule has 0 unspecified atom stereocenters. The average Bonchev–Trinajstić information content (AvgIpc) is 2.64. The number of rotatable bonds is 6. The second-order valence-electron chi connectivity index (χ2n) is 3.18. The van der Waals surface area contributed by atoms with Crippen molar-refractivity contribution in [1.82, 2.24) is 9.36 Å². The van der Waals surface area contributed by atoms with Crippen LogP contribution in [-0.2, 0) is 6.42 Å². The number of nitrogens with two attached hydrogens (primary N) is 1. The van der Waals surface area contributed by atoms with Crippen LogP contribution in [0.25, 0.3) is 0 Å². The molecule has 1 heterocycles. The lowest BCUT2D eigenvalue weighted by atomic mass is 10.3. The molecule has 7 heteroatoms. The molecule has 0 atom stereocenters. The summed E-state index contributed by atoms with van der Waals surface area (Å²) in [6, 6.07) is 0. The summed E-state index contributed by atoms with van der Waals surface area (Å²) in [6.07, 6.45) is 1.71. The van der Waals surface area contributed by atoms with Gasteiger partial charge in [0.2, 0.25) is 5.13 Å². The molecule has 15 heavy (non-hydrogen) atoms. The first kappa shape index (κ1) is 12.3. The lowest BCUT2D eigenvalue weighted by molar-refractivity contribution is 0.0254. The predicted octanol–water partition coefficient (Wildman–Crippen LogP) is 1.50. The van der Waals surface area contributed by atoms with E-state index in [0.29, 0.717) is 11.0 Å². The number of halogens is 2. The summed E-state index contributed by atoms with van der Waals surface area (Å²) in [7, 11) is 0. The van der Waals surface area contributed by atoms with Crippen LogP contribution in [0.1, 0.15) is 19.2 Å². The van der Waals surface area contributed by atoms with Crippen molar-refractivity contribution in [2.45, 2.75) is 25.7 Å². The van der Waals surface area contributed by atoms with E-state index in [0.717, 1.165) is 24.4 Å². The highest BCUT2D eigenvalue weighted by atomic mass is 32.1. The number of aryl methyl sites for hydroxylation is 1. The Bertz CT molecular complexity index is 303. The van der Waals surface area contributed by atoms with E-state index in [2.05, 4.69) is 14.7 Å². The molecule has 0 aliphatic heterocycles. The Balaban J connectivity index is 2.44. The second-order valence-corrected chi connectivity index (χ2v) is 3.93. The molecule has 86 valence electrons. The molecular weight excluding hydrogens is 222 g/mol. The average molecular weight is 236 g/mol. The smallest absolute Gasteiger partial charge is 0.276 e. The Morgan fingerprint density at radius 1 is 1.53 bits per heavy atom. The summed E-state index contributed by atoms with van der Waals surface area (Å²) in [4.78, 5) is 4.06. The van der Waals surface area contributed by atoms with Gasteiger partial charge in [0.25, 0.3) is 5.92 Å². The molecule has 0 aliphatic rings. The quantitative estimate of drug-likeness (QED) is 0.785. The molecule has 1 rings (SSSR count). The molecule has 1 aromatic heterocycles. The molecule has 0 aromatic carbocycles. The lowest BCUT2D eigenvalue weighted by Gasteiger charge is -2.13. The van der Waals surface area contributed by atoms with Crippen molar-refractivity contribution in [3.63, 3.8) is 0 Å². The summed E-state index contributed by atoms with van der Waals surface area (Å²) < 4.78 is 29.5. The minimum atomic E-state index is -2.89. The molecule has 0 amide bonds. The van der Waals surface area contributed by atoms with Crippen LogP contribution >= 0.6 is 11.5 Å². The van der Waals surface area contributed by atoms with Crippen molar-refractivity contribution in [3.05, 3.63) is 5.82 Å². The van der Waals surface area contributed by atoms with Crippen molar-refractivity contribution < 1.29 is 8.78 Å². The molecule has 0 aliphatic carbocycles. The summed E-state index contributed by atoms with van der Waals surface area (Å²) in [6.45, 7) is 0.849. The molecule has 0 fully saturated rings. The van der Waals surface area contributed by atoms with Crippen LogP contribution in [0.2, 0.25) is 0 Å². The van der Waals surface area contributed by atoms with E-state index in [-0.39, 0.29) is 0 Å². The molecule has 0 spiro atoms. The molecule has 3 N–H and O–H groups in total. The van der Waals surface area contributed by atoms with Crippen molar-refractivity contribution in [2.24, 2.45) is 5.73 Å². The highest BCUT2D eigenvalue weighted by molar-refractivity contribution is 7.09. The lowest BCUT2D eigenvalue weighted by Crippen LogP contribution is -2.35. The number of alkyl halides is 2. The van der Waals surface area contributed by atoms with Gasteiger partial charge < -0.3 is 11.1 Å². The Labute approximate surface area is 91.1 Å². The maximum Gasteiger partial charge on any atom is 0.276 e. The Morgan fingerprint density at radius 2 is 2.27 bits per heavy atom. The summed E-state index contributed by atoms with van der Waals surface area (Å²) in [5.74, 6) is -2.20. The van der Waals surface area contributed by atoms with Gasteiger partial charge in [-0.2, -0.15) is 4.37 Å². The topological polar surface area (TPSA) is 63.8 Å². The maximum absolute atomic E-state index is 12.8. The highest BCUT2D eigenvalue weighted by Gasteiger charge is 2.26. The zero-order chi connectivity index (χ0) is 11.3. The van der Waals surface area contributed by atoms with Crippen LogP contribution in [0.4, 0.5) is 13.9 Å². The molecule has 1 aromatic rings. The Hall–Kier alpha value is -0.820. The van der Waals surface area contributed by atoms with E-state index in [9.17, 15) is 8.78 Å². The fraction of sp³-hybridized carbons (Fsp3) is 0.750. The van der Waals surface area contributed by atoms with Gasteiger partial charge in [0, 0.05) is 18.0 Å². The Kier molecular flexibility index (Phi) is 4.34. The molecule has 0 saturated carbocycles. The van der Waals surface area contributed by atoms with Gasteiger partial charge in [0.15, 0.2) is 0 Å². The van der Waals surface area contributed by atoms with E-state index in [1.165, 1.54) is 0 Å². The van der Waals surface area contributed by atoms with E-state index >= 15 is 0 Å². The van der Waals surface area contributed by atoms with E-state index in [1.54, 1.807) is 0 Å². The van der Waals surface area contributed by atoms with Crippen molar-refractivity contribution in [3.8, 4) is 0 Å². The van der Waals surface area contributed by atoms with Gasteiger partial charge in [0.05, 0.1) is 13.1 Å². The number of hydrogen-bond donors (Lipinski definition) is 2. The fourth-order valence-electron chi connectivity index (χ4n) is 0.928. The maximum atomic E-state index is 12.8. The van der Waals surface area contributed by atoms with Gasteiger partial charge in [-0.1, -0.05) is 6.92 Å². The van der Waals surface area contributed by atoms with Crippen LogP contribution in [0, 0.1) is 0 Å². The summed E-state index contributed by atoms with van der Waals surface area (Å²) in [5.41, 5.74) is 4.90. The number of hydrogen-bond acceptors (Lipinski definition) is 5. The SMILES string of the molecule is CCCc1nsc(NCC(F)(F)CN)n1. The van der Waals surface area contributed by atoms with E-state index < -0.39 is 19.0 Å². The standard InChI is InChI=1S/C8H14F2N4S/c1-2-3-6-13-7(15-14-6)12-5-8(9,10)4-11/h2-5,11H2,1H3,(H,12,13,14). The molecule has 0 bridgehead atoms. The Morgan fingerprint density at radius 3 is 2.87 bits per heavy atom. The van der Waals surface area contributed by atoms with Crippen molar-refractivity contribution in [2.75, 3.05) is 18.4 Å². The first-order valence-corrected chi connectivity index (χ1v) is 5.49. The van der Waals surface area contributed by atoms with Gasteiger partial charge in [-0.3, -0.25) is 0 Å². The minimum Gasteiger partial charge on any atom is -0.354 e. The normalized spacial score (nSPS) is 11.7. The first-order valence-electron chi connectivity index (χ1n) is 4.72. The largest absolute Gasteiger partial charge is 0.354 e. The monoisotopic (exact) mass is 236 g/mol. The van der Waals surface area contributed by atoms with Crippen LogP contribution < -0.4 is 11.1 Å². The minimum absolute atomic E-state index is 0.423. The molecule has 0 saturated heterocycles. The number of nitrogens with one attached hydrogen (secondary N) is 1. The number of aromatic nitrogens is 2. The van der Waals surface area contributed by atoms with Gasteiger partial charge in [0.1, 0.15) is 5.82 Å². The van der Waals surface area contributed by atoms with Gasteiger partial charge in [-0.15, -0.1) is 0 Å². The molecule has 0 radical (unpaired) electrons. The summed E-state index contributed by atoms with van der Waals surface area (Å²) >= 11 is 1.09. The van der Waals surface area contributed by atoms with Crippen LogP contribution in [-0.4, -0.2) is 28.4 Å². The zero-order valence-corrected chi connectivity index (χ0v) is 9.28. The number of anilines is 1. The van der Waals surface area contributed by atoms with E-state index in [1.807, 2.05) is 6.92 Å². The fourth-order valence-corrected chi connectivity index (χ4v) is 1.53. The van der Waals surface area contributed by atoms with Gasteiger partial charge in [-0.05, 0) is 6.42 Å². The van der Waals surface area contributed by atoms with Crippen LogP contribution in [0.3, 0.4) is 0 Å². The third kappa shape index (κ3) is 4.05. The summed E-state index contributed by atoms with van der Waals surface area (Å²) in [5, 5.41) is 2.95. The first-order chi connectivity index (χ1) is 7.07. The predicted molar refractivity (Wildman–Crippen MR) is 56.4 cm³/mol. The second kappa shape index (κ2) is 5.32.